The van der Waals surface area contributed by atoms with E-state index in [1.807, 2.05) is 24.3 Å². The van der Waals surface area contributed by atoms with E-state index in [-0.39, 0.29) is 29.6 Å². The number of nitrogens with zero attached hydrogens (tertiary/aromatic N) is 2. The first kappa shape index (κ1) is 21.4. The van der Waals surface area contributed by atoms with E-state index in [1.165, 1.54) is 11.8 Å². The summed E-state index contributed by atoms with van der Waals surface area (Å²) in [6, 6.07) is 12.7. The van der Waals surface area contributed by atoms with Crippen molar-refractivity contribution >= 4 is 45.4 Å². The smallest absolute Gasteiger partial charge is 0.297 e. The number of amides is 1. The van der Waals surface area contributed by atoms with Crippen LogP contribution in [-0.2, 0) is 11.3 Å². The number of rotatable bonds is 7. The Morgan fingerprint density at radius 3 is 2.85 bits per heavy atom. The maximum Gasteiger partial charge on any atom is 0.297 e. The van der Waals surface area contributed by atoms with Crippen molar-refractivity contribution in [2.45, 2.75) is 32.0 Å². The zero-order valence-electron chi connectivity index (χ0n) is 18.3. The summed E-state index contributed by atoms with van der Waals surface area (Å²) in [5.41, 5.74) is 1.78. The molecule has 0 radical (unpaired) electrons. The number of furan rings is 1. The van der Waals surface area contributed by atoms with Crippen LogP contribution in [0, 0.1) is 5.92 Å². The van der Waals surface area contributed by atoms with Gasteiger partial charge in [-0.25, -0.2) is 4.98 Å². The summed E-state index contributed by atoms with van der Waals surface area (Å²) in [4.78, 5) is 30.6. The van der Waals surface area contributed by atoms with Crippen LogP contribution in [0.3, 0.4) is 0 Å². The number of nitrogens with one attached hydrogen (secondary N) is 1. The number of hydrogen-bond donors (Lipinski definition) is 1. The lowest BCUT2D eigenvalue weighted by atomic mass is 10.1. The van der Waals surface area contributed by atoms with Gasteiger partial charge in [0.25, 0.3) is 5.56 Å². The minimum Gasteiger partial charge on any atom is -0.454 e. The highest BCUT2D eigenvalue weighted by Crippen LogP contribution is 2.34. The van der Waals surface area contributed by atoms with Gasteiger partial charge in [-0.2, -0.15) is 0 Å². The van der Waals surface area contributed by atoms with E-state index in [9.17, 15) is 9.59 Å². The molecule has 9 heteroatoms. The van der Waals surface area contributed by atoms with Gasteiger partial charge in [-0.15, -0.1) is 0 Å². The number of hydrogen-bond acceptors (Lipinski definition) is 7. The Morgan fingerprint density at radius 1 is 1.18 bits per heavy atom. The van der Waals surface area contributed by atoms with Gasteiger partial charge in [-0.1, -0.05) is 37.7 Å². The fraction of sp³-hybridized carbons (Fsp3) is 0.292. The molecule has 33 heavy (non-hydrogen) atoms. The second-order valence-electron chi connectivity index (χ2n) is 8.21. The number of fused-ring (bicyclic) bond motifs is 4. The quantitative estimate of drug-likeness (QED) is 0.314. The van der Waals surface area contributed by atoms with E-state index < -0.39 is 0 Å². The molecule has 2 aromatic carbocycles. The average molecular weight is 466 g/mol. The van der Waals surface area contributed by atoms with Gasteiger partial charge in [0.15, 0.2) is 16.7 Å². The molecule has 1 N–H and O–H groups in total. The minimum atomic E-state index is -0.226. The number of benzene rings is 2. The molecule has 1 aliphatic rings. The molecule has 4 aromatic rings. The molecule has 0 atom stereocenters. The number of ether oxygens (including phenoxy) is 2. The van der Waals surface area contributed by atoms with E-state index in [2.05, 4.69) is 19.2 Å². The number of thioether (sulfide) groups is 1. The third-order valence-corrected chi connectivity index (χ3v) is 6.34. The van der Waals surface area contributed by atoms with Crippen LogP contribution in [0.25, 0.3) is 22.1 Å². The van der Waals surface area contributed by atoms with Gasteiger partial charge >= 0.3 is 0 Å². The molecule has 0 unspecified atom stereocenters. The van der Waals surface area contributed by atoms with Crippen LogP contribution < -0.4 is 20.3 Å². The first-order valence-corrected chi connectivity index (χ1v) is 11.7. The summed E-state index contributed by atoms with van der Waals surface area (Å²) in [5, 5.41) is 4.14. The van der Waals surface area contributed by atoms with Crippen molar-refractivity contribution in [1.82, 2.24) is 9.55 Å². The van der Waals surface area contributed by atoms with Crippen molar-refractivity contribution in [3.05, 3.63) is 52.8 Å². The molecule has 1 aliphatic heterocycles. The van der Waals surface area contributed by atoms with Crippen molar-refractivity contribution in [3.63, 3.8) is 0 Å². The Hall–Kier alpha value is -3.46. The molecule has 2 aromatic heterocycles. The summed E-state index contributed by atoms with van der Waals surface area (Å²) in [7, 11) is 0. The third-order valence-electron chi connectivity index (χ3n) is 5.37. The number of carbonyl (C=O) groups excluding carboxylic acids is 1. The van der Waals surface area contributed by atoms with Gasteiger partial charge in [0.2, 0.25) is 18.3 Å². The topological polar surface area (TPSA) is 95.6 Å². The van der Waals surface area contributed by atoms with Crippen molar-refractivity contribution in [2.24, 2.45) is 5.92 Å². The van der Waals surface area contributed by atoms with E-state index in [0.717, 1.165) is 11.8 Å². The van der Waals surface area contributed by atoms with Crippen LogP contribution in [-0.4, -0.2) is 28.0 Å². The number of anilines is 1. The lowest BCUT2D eigenvalue weighted by molar-refractivity contribution is -0.113. The molecule has 8 nitrogen and oxygen atoms in total. The average Bonchev–Trinajstić information content (AvgIpc) is 3.41. The number of carbonyl (C=O) groups is 1. The summed E-state index contributed by atoms with van der Waals surface area (Å²) >= 11 is 1.23. The zero-order valence-corrected chi connectivity index (χ0v) is 19.1. The van der Waals surface area contributed by atoms with Gasteiger partial charge in [-0.3, -0.25) is 14.2 Å². The van der Waals surface area contributed by atoms with E-state index in [4.69, 9.17) is 18.9 Å². The molecular formula is C24H23N3O5S. The number of aromatic nitrogens is 2. The first-order valence-electron chi connectivity index (χ1n) is 10.7. The van der Waals surface area contributed by atoms with Crippen LogP contribution >= 0.6 is 11.8 Å². The Kier molecular flexibility index (Phi) is 5.72. The summed E-state index contributed by atoms with van der Waals surface area (Å²) in [5.74, 6) is 1.56. The lowest BCUT2D eigenvalue weighted by Crippen LogP contribution is -2.24. The van der Waals surface area contributed by atoms with E-state index in [0.29, 0.717) is 45.9 Å². The van der Waals surface area contributed by atoms with Gasteiger partial charge in [0.05, 0.1) is 5.75 Å². The Labute approximate surface area is 193 Å². The maximum absolute atomic E-state index is 13.3. The highest BCUT2D eigenvalue weighted by Gasteiger charge is 2.19. The van der Waals surface area contributed by atoms with Crippen LogP contribution in [0.1, 0.15) is 20.3 Å². The molecule has 0 spiro atoms. The van der Waals surface area contributed by atoms with Crippen LogP contribution in [0.15, 0.2) is 56.8 Å². The van der Waals surface area contributed by atoms with Gasteiger partial charge < -0.3 is 19.2 Å². The predicted molar refractivity (Wildman–Crippen MR) is 127 cm³/mol. The fourth-order valence-electron chi connectivity index (χ4n) is 3.65. The Bertz CT molecular complexity index is 1410. The monoisotopic (exact) mass is 465 g/mol. The molecule has 0 saturated heterocycles. The third kappa shape index (κ3) is 4.28. The second kappa shape index (κ2) is 8.82. The fourth-order valence-corrected chi connectivity index (χ4v) is 4.47. The molecule has 170 valence electrons. The molecule has 0 fully saturated rings. The molecule has 0 bridgehead atoms. The Balaban J connectivity index is 1.41. The van der Waals surface area contributed by atoms with Crippen molar-refractivity contribution < 1.29 is 18.7 Å². The van der Waals surface area contributed by atoms with E-state index >= 15 is 0 Å². The molecule has 0 aliphatic carbocycles. The SMILES string of the molecule is CC(C)CCn1c(SCC(=O)Nc2ccc3c(c2)OCO3)nc2c(oc3ccccc32)c1=O. The standard InChI is InChI=1S/C24H23N3O5S/c1-14(2)9-10-27-23(29)22-21(16-5-3-4-6-17(16)32-22)26-24(27)33-12-20(28)25-15-7-8-18-19(11-15)31-13-30-18/h3-8,11,14H,9-10,12-13H2,1-2H3,(H,25,28). The highest BCUT2D eigenvalue weighted by atomic mass is 32.2. The number of para-hydroxylation sites is 1. The molecular weight excluding hydrogens is 442 g/mol. The zero-order chi connectivity index (χ0) is 22.9. The largest absolute Gasteiger partial charge is 0.454 e. The van der Waals surface area contributed by atoms with Crippen LogP contribution in [0.4, 0.5) is 5.69 Å². The minimum absolute atomic E-state index is 0.101. The summed E-state index contributed by atoms with van der Waals surface area (Å²) in [6.07, 6.45) is 0.810. The van der Waals surface area contributed by atoms with E-state index in [1.54, 1.807) is 22.8 Å². The normalized spacial score (nSPS) is 12.7. The Morgan fingerprint density at radius 2 is 2.00 bits per heavy atom. The van der Waals surface area contributed by atoms with Crippen molar-refractivity contribution in [3.8, 4) is 11.5 Å². The first-order chi connectivity index (χ1) is 16.0. The second-order valence-corrected chi connectivity index (χ2v) is 9.16. The van der Waals surface area contributed by atoms with Crippen molar-refractivity contribution in [1.29, 1.82) is 0 Å². The van der Waals surface area contributed by atoms with Crippen molar-refractivity contribution in [2.75, 3.05) is 17.9 Å². The predicted octanol–water partition coefficient (Wildman–Crippen LogP) is 4.65. The van der Waals surface area contributed by atoms with Gasteiger partial charge in [-0.05, 0) is 36.6 Å². The van der Waals surface area contributed by atoms with Crippen LogP contribution in [0.5, 0.6) is 11.5 Å². The summed E-state index contributed by atoms with van der Waals surface area (Å²) in [6.45, 7) is 4.88. The molecule has 0 saturated carbocycles. The molecule has 3 heterocycles. The highest BCUT2D eigenvalue weighted by molar-refractivity contribution is 7.99. The molecule has 1 amide bonds. The van der Waals surface area contributed by atoms with Gasteiger partial charge in [0, 0.05) is 23.7 Å². The lowest BCUT2D eigenvalue weighted by Gasteiger charge is -2.13. The van der Waals surface area contributed by atoms with Gasteiger partial charge in [0.1, 0.15) is 11.1 Å². The summed E-state index contributed by atoms with van der Waals surface area (Å²) < 4.78 is 18.1. The molecule has 5 rings (SSSR count). The van der Waals surface area contributed by atoms with Crippen LogP contribution in [0.2, 0.25) is 0 Å². The maximum atomic E-state index is 13.3.